The van der Waals surface area contributed by atoms with E-state index >= 15 is 0 Å². The van der Waals surface area contributed by atoms with Crippen LogP contribution in [0.4, 0.5) is 5.69 Å². The summed E-state index contributed by atoms with van der Waals surface area (Å²) in [5, 5.41) is 20.1. The zero-order valence-electron chi connectivity index (χ0n) is 11.1. The maximum absolute atomic E-state index is 12.3. The number of carboxylic acids is 1. The molecule has 8 nitrogen and oxygen atoms in total. The summed E-state index contributed by atoms with van der Waals surface area (Å²) in [4.78, 5) is 20.8. The fourth-order valence-electron chi connectivity index (χ4n) is 2.13. The molecule has 1 unspecified atom stereocenters. The van der Waals surface area contributed by atoms with Crippen molar-refractivity contribution in [1.29, 1.82) is 0 Å². The summed E-state index contributed by atoms with van der Waals surface area (Å²) < 4.78 is 26.8. The van der Waals surface area contributed by atoms with Crippen LogP contribution in [0.3, 0.4) is 0 Å². The molecule has 1 aliphatic rings. The molecule has 0 amide bonds. The topological polar surface area (TPSA) is 127 Å². The van der Waals surface area contributed by atoms with Crippen molar-refractivity contribution in [2.45, 2.75) is 30.7 Å². The number of hydrogen-bond donors (Lipinski definition) is 2. The zero-order chi connectivity index (χ0) is 15.8. The molecule has 114 valence electrons. The lowest BCUT2D eigenvalue weighted by Gasteiger charge is -2.15. The quantitative estimate of drug-likeness (QED) is 0.596. The van der Waals surface area contributed by atoms with Crippen LogP contribution in [-0.4, -0.2) is 30.5 Å². The van der Waals surface area contributed by atoms with Gasteiger partial charge >= 0.3 is 5.97 Å². The van der Waals surface area contributed by atoms with Gasteiger partial charge in [0.05, 0.1) is 4.92 Å². The fraction of sp³-hybridized carbons (Fsp3) is 0.417. The number of sulfonamides is 1. The molecule has 0 aromatic heterocycles. The number of aryl methyl sites for hydroxylation is 1. The van der Waals surface area contributed by atoms with Gasteiger partial charge in [-0.05, 0) is 31.2 Å². The maximum Gasteiger partial charge on any atom is 0.322 e. The number of nitro groups is 1. The van der Waals surface area contributed by atoms with Gasteiger partial charge in [-0.3, -0.25) is 14.9 Å². The smallest absolute Gasteiger partial charge is 0.322 e. The van der Waals surface area contributed by atoms with Gasteiger partial charge in [0.1, 0.15) is 6.04 Å². The Morgan fingerprint density at radius 3 is 2.57 bits per heavy atom. The van der Waals surface area contributed by atoms with Crippen LogP contribution in [0.1, 0.15) is 18.4 Å². The van der Waals surface area contributed by atoms with E-state index in [1.54, 1.807) is 0 Å². The second kappa shape index (κ2) is 5.41. The van der Waals surface area contributed by atoms with E-state index in [0.717, 1.165) is 6.07 Å². The van der Waals surface area contributed by atoms with Crippen molar-refractivity contribution in [3.63, 3.8) is 0 Å². The number of benzene rings is 1. The molecule has 1 saturated carbocycles. The van der Waals surface area contributed by atoms with Crippen molar-refractivity contribution in [2.24, 2.45) is 5.92 Å². The van der Waals surface area contributed by atoms with Gasteiger partial charge < -0.3 is 5.11 Å². The van der Waals surface area contributed by atoms with Gasteiger partial charge in [0, 0.05) is 6.07 Å². The van der Waals surface area contributed by atoms with Crippen molar-refractivity contribution in [1.82, 2.24) is 4.72 Å². The highest BCUT2D eigenvalue weighted by Gasteiger charge is 2.40. The van der Waals surface area contributed by atoms with Gasteiger partial charge in [-0.25, -0.2) is 8.42 Å². The number of carboxylic acid groups (broad SMARTS) is 1. The predicted octanol–water partition coefficient (Wildman–Crippen LogP) is 1.04. The Morgan fingerprint density at radius 2 is 2.10 bits per heavy atom. The highest BCUT2D eigenvalue weighted by atomic mass is 32.2. The molecule has 2 rings (SSSR count). The standard InChI is InChI=1S/C12H14N2O6S/c1-7-3-2-4-9(14(17)18)11(7)21(19,20)13-10(12(15)16)8-5-6-8/h2-4,8,10,13H,5-6H2,1H3,(H,15,16). The first-order valence-electron chi connectivity index (χ1n) is 6.23. The Bertz CT molecular complexity index is 696. The molecule has 0 radical (unpaired) electrons. The van der Waals surface area contributed by atoms with E-state index in [1.807, 2.05) is 0 Å². The monoisotopic (exact) mass is 314 g/mol. The minimum atomic E-state index is -4.29. The van der Waals surface area contributed by atoms with Crippen LogP contribution in [0, 0.1) is 23.0 Å². The lowest BCUT2D eigenvalue weighted by Crippen LogP contribution is -2.42. The number of nitro benzene ring substituents is 1. The molecular weight excluding hydrogens is 300 g/mol. The van der Waals surface area contributed by atoms with Crippen molar-refractivity contribution in [3.05, 3.63) is 33.9 Å². The average Bonchev–Trinajstić information content (AvgIpc) is 3.19. The highest BCUT2D eigenvalue weighted by Crippen LogP contribution is 2.34. The molecule has 1 aromatic rings. The van der Waals surface area contributed by atoms with Crippen molar-refractivity contribution < 1.29 is 23.2 Å². The Labute approximate surface area is 121 Å². The molecule has 0 heterocycles. The molecule has 0 spiro atoms. The summed E-state index contributed by atoms with van der Waals surface area (Å²) in [7, 11) is -4.29. The number of nitrogens with one attached hydrogen (secondary N) is 1. The second-order valence-electron chi connectivity index (χ2n) is 4.95. The van der Waals surface area contributed by atoms with Gasteiger partial charge in [-0.2, -0.15) is 4.72 Å². The summed E-state index contributed by atoms with van der Waals surface area (Å²) in [6.07, 6.45) is 1.24. The largest absolute Gasteiger partial charge is 0.480 e. The first-order valence-corrected chi connectivity index (χ1v) is 7.71. The minimum absolute atomic E-state index is 0.191. The number of nitrogens with zero attached hydrogens (tertiary/aromatic N) is 1. The lowest BCUT2D eigenvalue weighted by atomic mass is 10.2. The number of hydrogen-bond acceptors (Lipinski definition) is 5. The molecule has 9 heteroatoms. The molecule has 1 aliphatic carbocycles. The first-order chi connectivity index (χ1) is 9.74. The minimum Gasteiger partial charge on any atom is -0.480 e. The van der Waals surface area contributed by atoms with Crippen molar-refractivity contribution in [2.75, 3.05) is 0 Å². The Hall–Kier alpha value is -2.00. The summed E-state index contributed by atoms with van der Waals surface area (Å²) in [5.74, 6) is -1.54. The summed E-state index contributed by atoms with van der Waals surface area (Å²) >= 11 is 0. The van der Waals surface area contributed by atoms with Gasteiger partial charge in [-0.1, -0.05) is 12.1 Å². The molecule has 21 heavy (non-hydrogen) atoms. The maximum atomic E-state index is 12.3. The van der Waals surface area contributed by atoms with E-state index in [4.69, 9.17) is 5.11 Å². The molecule has 0 aliphatic heterocycles. The van der Waals surface area contributed by atoms with E-state index in [0.29, 0.717) is 12.8 Å². The van der Waals surface area contributed by atoms with Gasteiger partial charge in [0.25, 0.3) is 5.69 Å². The molecular formula is C12H14N2O6S. The lowest BCUT2D eigenvalue weighted by molar-refractivity contribution is -0.387. The highest BCUT2D eigenvalue weighted by molar-refractivity contribution is 7.89. The summed E-state index contributed by atoms with van der Waals surface area (Å²) in [5.41, 5.74) is -0.376. The molecule has 2 N–H and O–H groups in total. The van der Waals surface area contributed by atoms with E-state index < -0.39 is 37.5 Å². The number of rotatable bonds is 6. The van der Waals surface area contributed by atoms with Crippen molar-refractivity contribution in [3.8, 4) is 0 Å². The molecule has 1 aromatic carbocycles. The molecule has 1 fully saturated rings. The van der Waals surface area contributed by atoms with E-state index in [2.05, 4.69) is 4.72 Å². The number of carbonyl (C=O) groups is 1. The number of aliphatic carboxylic acids is 1. The van der Waals surface area contributed by atoms with E-state index in [9.17, 15) is 23.3 Å². The summed E-state index contributed by atoms with van der Waals surface area (Å²) in [6.45, 7) is 1.43. The van der Waals surface area contributed by atoms with Crippen molar-refractivity contribution >= 4 is 21.7 Å². The van der Waals surface area contributed by atoms with E-state index in [-0.39, 0.29) is 11.5 Å². The van der Waals surface area contributed by atoms with Gasteiger partial charge in [-0.15, -0.1) is 0 Å². The predicted molar refractivity (Wildman–Crippen MR) is 72.3 cm³/mol. The molecule has 1 atom stereocenters. The summed E-state index contributed by atoms with van der Waals surface area (Å²) in [6, 6.07) is 2.62. The van der Waals surface area contributed by atoms with Crippen LogP contribution < -0.4 is 4.72 Å². The van der Waals surface area contributed by atoms with Crippen LogP contribution >= 0.6 is 0 Å². The van der Waals surface area contributed by atoms with Crippen LogP contribution in [0.5, 0.6) is 0 Å². The Morgan fingerprint density at radius 1 is 1.48 bits per heavy atom. The molecule has 0 bridgehead atoms. The SMILES string of the molecule is Cc1cccc([N+](=O)[O-])c1S(=O)(=O)NC(C(=O)O)C1CC1. The fourth-order valence-corrected chi connectivity index (χ4v) is 3.79. The Kier molecular flexibility index (Phi) is 3.97. The van der Waals surface area contributed by atoms with Gasteiger partial charge in [0.15, 0.2) is 4.90 Å². The third-order valence-corrected chi connectivity index (χ3v) is 4.93. The third-order valence-electron chi connectivity index (χ3n) is 3.30. The van der Waals surface area contributed by atoms with Gasteiger partial charge in [0.2, 0.25) is 10.0 Å². The average molecular weight is 314 g/mol. The first kappa shape index (κ1) is 15.4. The zero-order valence-corrected chi connectivity index (χ0v) is 12.0. The Balaban J connectivity index is 2.44. The molecule has 0 saturated heterocycles. The van der Waals surface area contributed by atoms with Crippen LogP contribution in [0.2, 0.25) is 0 Å². The third kappa shape index (κ3) is 3.19. The van der Waals surface area contributed by atoms with E-state index in [1.165, 1.54) is 19.1 Å². The van der Waals surface area contributed by atoms with Crippen LogP contribution in [0.15, 0.2) is 23.1 Å². The second-order valence-corrected chi connectivity index (χ2v) is 6.61. The van der Waals surface area contributed by atoms with Crippen LogP contribution in [-0.2, 0) is 14.8 Å². The normalized spacial score (nSPS) is 16.4. The van der Waals surface area contributed by atoms with Crippen LogP contribution in [0.25, 0.3) is 0 Å².